The van der Waals surface area contributed by atoms with Gasteiger partial charge in [-0.2, -0.15) is 0 Å². The lowest BCUT2D eigenvalue weighted by Crippen LogP contribution is -2.25. The van der Waals surface area contributed by atoms with Crippen molar-refractivity contribution in [1.82, 2.24) is 15.3 Å². The van der Waals surface area contributed by atoms with Crippen LogP contribution in [0.3, 0.4) is 0 Å². The first-order chi connectivity index (χ1) is 9.85. The van der Waals surface area contributed by atoms with E-state index in [0.717, 1.165) is 42.5 Å². The van der Waals surface area contributed by atoms with E-state index in [1.165, 1.54) is 5.56 Å². The van der Waals surface area contributed by atoms with Gasteiger partial charge in [0.05, 0.1) is 7.11 Å². The average Bonchev–Trinajstić information content (AvgIpc) is 2.53. The number of nitrogens with one attached hydrogen (secondary N) is 1. The number of halogens is 1. The summed E-state index contributed by atoms with van der Waals surface area (Å²) < 4.78 is 10.8. The minimum atomic E-state index is 0. The summed E-state index contributed by atoms with van der Waals surface area (Å²) in [6.45, 7) is 2.21. The standard InChI is InChI=1S/C15H17N3O2.ClH/c1-19-12-2-4-13(5-3-12)20-10-15-17-9-11-8-16-7-6-14(11)18-15;/h2-5,9,16H,6-8,10H2,1H3;1H. The van der Waals surface area contributed by atoms with Crippen molar-refractivity contribution >= 4 is 12.4 Å². The Morgan fingerprint density at radius 3 is 2.71 bits per heavy atom. The third kappa shape index (κ3) is 3.83. The Morgan fingerprint density at radius 1 is 1.19 bits per heavy atom. The van der Waals surface area contributed by atoms with Gasteiger partial charge in [-0.05, 0) is 24.3 Å². The Hall–Kier alpha value is -1.85. The number of hydrogen-bond acceptors (Lipinski definition) is 5. The monoisotopic (exact) mass is 307 g/mol. The molecule has 0 atom stereocenters. The summed E-state index contributed by atoms with van der Waals surface area (Å²) in [5, 5.41) is 3.31. The Kier molecular flexibility index (Phi) is 5.36. The van der Waals surface area contributed by atoms with Gasteiger partial charge >= 0.3 is 0 Å². The molecule has 5 nitrogen and oxygen atoms in total. The van der Waals surface area contributed by atoms with Crippen molar-refractivity contribution < 1.29 is 9.47 Å². The van der Waals surface area contributed by atoms with Crippen LogP contribution in [0.5, 0.6) is 11.5 Å². The van der Waals surface area contributed by atoms with Crippen LogP contribution in [-0.2, 0) is 19.6 Å². The number of benzene rings is 1. The van der Waals surface area contributed by atoms with Gasteiger partial charge in [0.25, 0.3) is 0 Å². The normalized spacial score (nSPS) is 13.0. The minimum Gasteiger partial charge on any atom is -0.497 e. The molecule has 2 heterocycles. The molecule has 0 bridgehead atoms. The summed E-state index contributed by atoms with van der Waals surface area (Å²) in [4.78, 5) is 8.90. The third-order valence-corrected chi connectivity index (χ3v) is 3.29. The predicted octanol–water partition coefficient (Wildman–Crippen LogP) is 2.13. The second-order valence-electron chi connectivity index (χ2n) is 4.65. The second-order valence-corrected chi connectivity index (χ2v) is 4.65. The van der Waals surface area contributed by atoms with E-state index in [0.29, 0.717) is 6.61 Å². The van der Waals surface area contributed by atoms with Crippen LogP contribution in [0.1, 0.15) is 17.1 Å². The second kappa shape index (κ2) is 7.24. The van der Waals surface area contributed by atoms with E-state index in [1.54, 1.807) is 7.11 Å². The first-order valence-electron chi connectivity index (χ1n) is 6.66. The zero-order valence-electron chi connectivity index (χ0n) is 11.8. The topological polar surface area (TPSA) is 56.3 Å². The van der Waals surface area contributed by atoms with E-state index in [-0.39, 0.29) is 12.4 Å². The van der Waals surface area contributed by atoms with E-state index >= 15 is 0 Å². The highest BCUT2D eigenvalue weighted by Gasteiger charge is 2.11. The van der Waals surface area contributed by atoms with Crippen LogP contribution in [-0.4, -0.2) is 23.6 Å². The van der Waals surface area contributed by atoms with Gasteiger partial charge in [-0.3, -0.25) is 0 Å². The molecule has 0 unspecified atom stereocenters. The molecule has 0 spiro atoms. The van der Waals surface area contributed by atoms with Crippen molar-refractivity contribution in [2.45, 2.75) is 19.6 Å². The van der Waals surface area contributed by atoms with E-state index in [2.05, 4.69) is 15.3 Å². The van der Waals surface area contributed by atoms with Crippen molar-refractivity contribution in [3.05, 3.63) is 47.5 Å². The lowest BCUT2D eigenvalue weighted by Gasteiger charge is -2.16. The van der Waals surface area contributed by atoms with Gasteiger partial charge in [0.1, 0.15) is 18.1 Å². The van der Waals surface area contributed by atoms with Crippen LogP contribution in [0.25, 0.3) is 0 Å². The molecule has 0 fully saturated rings. The quantitative estimate of drug-likeness (QED) is 0.938. The molecule has 1 aliphatic heterocycles. The van der Waals surface area contributed by atoms with Crippen molar-refractivity contribution in [3.8, 4) is 11.5 Å². The molecule has 0 amide bonds. The lowest BCUT2D eigenvalue weighted by molar-refractivity contribution is 0.294. The van der Waals surface area contributed by atoms with E-state index in [1.807, 2.05) is 30.5 Å². The largest absolute Gasteiger partial charge is 0.497 e. The van der Waals surface area contributed by atoms with E-state index in [4.69, 9.17) is 9.47 Å². The Bertz CT molecular complexity index is 590. The van der Waals surface area contributed by atoms with Crippen molar-refractivity contribution in [1.29, 1.82) is 0 Å². The molecule has 2 aromatic rings. The molecule has 6 heteroatoms. The Morgan fingerprint density at radius 2 is 1.95 bits per heavy atom. The number of hydrogen-bond donors (Lipinski definition) is 1. The van der Waals surface area contributed by atoms with Crippen LogP contribution in [0, 0.1) is 0 Å². The number of fused-ring (bicyclic) bond motifs is 1. The molecule has 21 heavy (non-hydrogen) atoms. The SMILES string of the molecule is COc1ccc(OCc2ncc3c(n2)CCNC3)cc1.Cl. The van der Waals surface area contributed by atoms with Gasteiger partial charge in [-0.1, -0.05) is 0 Å². The molecule has 1 aromatic heterocycles. The van der Waals surface area contributed by atoms with Crippen LogP contribution < -0.4 is 14.8 Å². The fourth-order valence-corrected chi connectivity index (χ4v) is 2.17. The first-order valence-corrected chi connectivity index (χ1v) is 6.66. The average molecular weight is 308 g/mol. The molecule has 0 saturated heterocycles. The Balaban J connectivity index is 0.00000161. The molecule has 3 rings (SSSR count). The summed E-state index contributed by atoms with van der Waals surface area (Å²) in [5.74, 6) is 2.32. The molecule has 0 radical (unpaired) electrons. The molecular formula is C15H18ClN3O2. The highest BCUT2D eigenvalue weighted by molar-refractivity contribution is 5.85. The van der Waals surface area contributed by atoms with Gasteiger partial charge in [0.15, 0.2) is 5.82 Å². The number of methoxy groups -OCH3 is 1. The zero-order valence-corrected chi connectivity index (χ0v) is 12.7. The van der Waals surface area contributed by atoms with E-state index < -0.39 is 0 Å². The van der Waals surface area contributed by atoms with Crippen LogP contribution in [0.2, 0.25) is 0 Å². The van der Waals surface area contributed by atoms with Gasteiger partial charge < -0.3 is 14.8 Å². The van der Waals surface area contributed by atoms with Crippen molar-refractivity contribution in [2.24, 2.45) is 0 Å². The fraction of sp³-hybridized carbons (Fsp3) is 0.333. The molecule has 1 aliphatic rings. The van der Waals surface area contributed by atoms with Crippen LogP contribution in [0.15, 0.2) is 30.5 Å². The maximum Gasteiger partial charge on any atom is 0.166 e. The van der Waals surface area contributed by atoms with Gasteiger partial charge in [-0.15, -0.1) is 12.4 Å². The number of ether oxygens (including phenoxy) is 2. The Labute approximate surface area is 130 Å². The zero-order chi connectivity index (χ0) is 13.8. The molecule has 1 aromatic carbocycles. The van der Waals surface area contributed by atoms with Gasteiger partial charge in [-0.25, -0.2) is 9.97 Å². The maximum atomic E-state index is 5.69. The first kappa shape index (κ1) is 15.5. The van der Waals surface area contributed by atoms with Crippen molar-refractivity contribution in [2.75, 3.05) is 13.7 Å². The number of nitrogens with zero attached hydrogens (tertiary/aromatic N) is 2. The minimum absolute atomic E-state index is 0. The molecular weight excluding hydrogens is 290 g/mol. The van der Waals surface area contributed by atoms with Gasteiger partial charge in [0.2, 0.25) is 0 Å². The molecule has 0 aliphatic carbocycles. The predicted molar refractivity (Wildman–Crippen MR) is 82.0 cm³/mol. The maximum absolute atomic E-state index is 5.69. The summed E-state index contributed by atoms with van der Waals surface area (Å²) >= 11 is 0. The molecule has 1 N–H and O–H groups in total. The third-order valence-electron chi connectivity index (χ3n) is 3.29. The lowest BCUT2D eigenvalue weighted by atomic mass is 10.1. The molecule has 0 saturated carbocycles. The smallest absolute Gasteiger partial charge is 0.166 e. The fourth-order valence-electron chi connectivity index (χ4n) is 2.17. The van der Waals surface area contributed by atoms with Gasteiger partial charge in [0, 0.05) is 37.0 Å². The molecule has 112 valence electrons. The van der Waals surface area contributed by atoms with Crippen LogP contribution in [0.4, 0.5) is 0 Å². The highest BCUT2D eigenvalue weighted by atomic mass is 35.5. The van der Waals surface area contributed by atoms with E-state index in [9.17, 15) is 0 Å². The number of rotatable bonds is 4. The number of aromatic nitrogens is 2. The summed E-state index contributed by atoms with van der Waals surface area (Å²) in [6.07, 6.45) is 2.84. The highest BCUT2D eigenvalue weighted by Crippen LogP contribution is 2.18. The summed E-state index contributed by atoms with van der Waals surface area (Å²) in [7, 11) is 1.64. The van der Waals surface area contributed by atoms with Crippen LogP contribution >= 0.6 is 12.4 Å². The summed E-state index contributed by atoms with van der Waals surface area (Å²) in [5.41, 5.74) is 2.32. The van der Waals surface area contributed by atoms with Crippen molar-refractivity contribution in [3.63, 3.8) is 0 Å². The summed E-state index contributed by atoms with van der Waals surface area (Å²) in [6, 6.07) is 7.49.